The van der Waals surface area contributed by atoms with E-state index in [0.717, 1.165) is 24.8 Å². The molecule has 0 atom stereocenters. The summed E-state index contributed by atoms with van der Waals surface area (Å²) in [5, 5.41) is 10.7. The van der Waals surface area contributed by atoms with Crippen LogP contribution in [0.15, 0.2) is 24.3 Å². The van der Waals surface area contributed by atoms with Crippen LogP contribution in [0.4, 0.5) is 0 Å². The van der Waals surface area contributed by atoms with Crippen LogP contribution in [0.25, 0.3) is 0 Å². The van der Waals surface area contributed by atoms with Gasteiger partial charge in [0, 0.05) is 5.56 Å². The van der Waals surface area contributed by atoms with Crippen LogP contribution >= 0.6 is 0 Å². The van der Waals surface area contributed by atoms with Crippen molar-refractivity contribution in [1.82, 2.24) is 0 Å². The Morgan fingerprint density at radius 2 is 2.00 bits per heavy atom. The molecule has 0 aliphatic carbocycles. The van der Waals surface area contributed by atoms with E-state index in [1.54, 1.807) is 12.1 Å². The van der Waals surface area contributed by atoms with Crippen molar-refractivity contribution in [3.63, 3.8) is 0 Å². The van der Waals surface area contributed by atoms with Gasteiger partial charge in [-0.2, -0.15) is 0 Å². The molecule has 1 aromatic rings. The van der Waals surface area contributed by atoms with Gasteiger partial charge in [0.1, 0.15) is 0 Å². The summed E-state index contributed by atoms with van der Waals surface area (Å²) >= 11 is 0. The number of carboxylic acid groups (broad SMARTS) is 1. The van der Waals surface area contributed by atoms with Crippen molar-refractivity contribution in [3.8, 4) is 0 Å². The monoisotopic (exact) mass is 241 g/mol. The van der Waals surface area contributed by atoms with Crippen LogP contribution in [0.1, 0.15) is 35.7 Å². The van der Waals surface area contributed by atoms with Crippen LogP contribution < -0.4 is 5.11 Å². The summed E-state index contributed by atoms with van der Waals surface area (Å²) < 4.78 is 0. The van der Waals surface area contributed by atoms with E-state index in [1.165, 1.54) is 0 Å². The average molecular weight is 243 g/mol. The summed E-state index contributed by atoms with van der Waals surface area (Å²) in [5.74, 6) is -1.08. The second-order valence-corrected chi connectivity index (χ2v) is 3.05. The molecule has 0 unspecified atom stereocenters. The van der Waals surface area contributed by atoms with Crippen LogP contribution in [0.3, 0.4) is 0 Å². The standard InChI is InChI=1S/C11H14O2.Zn/c1-2-3-6-9-7-4-5-8-10(9)11(12)13;/h4-5,7-8H,2-3,6H2,1H3,(H,12,13);/q;+2/p-1. The van der Waals surface area contributed by atoms with Crippen molar-refractivity contribution in [2.24, 2.45) is 0 Å². The average Bonchev–Trinajstić information content (AvgIpc) is 2.15. The Morgan fingerprint density at radius 1 is 1.36 bits per heavy atom. The van der Waals surface area contributed by atoms with Crippen LogP contribution in [0.5, 0.6) is 0 Å². The third-order valence-corrected chi connectivity index (χ3v) is 2.04. The zero-order chi connectivity index (χ0) is 9.68. The number of benzene rings is 1. The van der Waals surface area contributed by atoms with Gasteiger partial charge >= 0.3 is 19.5 Å². The first-order chi connectivity index (χ1) is 6.25. The molecule has 0 aromatic heterocycles. The van der Waals surface area contributed by atoms with E-state index < -0.39 is 5.97 Å². The number of carbonyl (C=O) groups is 1. The third kappa shape index (κ3) is 3.59. The fraction of sp³-hybridized carbons (Fsp3) is 0.364. The zero-order valence-electron chi connectivity index (χ0n) is 8.45. The van der Waals surface area contributed by atoms with Crippen molar-refractivity contribution in [2.75, 3.05) is 0 Å². The Kier molecular flexibility index (Phi) is 6.39. The SMILES string of the molecule is CCCCc1ccccc1C(=O)[O-].[Zn+2]. The van der Waals surface area contributed by atoms with Crippen molar-refractivity contribution < 1.29 is 29.4 Å². The van der Waals surface area contributed by atoms with E-state index in [2.05, 4.69) is 6.92 Å². The predicted molar refractivity (Wildman–Crippen MR) is 49.4 cm³/mol. The predicted octanol–water partition coefficient (Wildman–Crippen LogP) is 1.39. The molecule has 1 aromatic carbocycles. The minimum absolute atomic E-state index is 0. The smallest absolute Gasteiger partial charge is 0.545 e. The molecule has 0 aliphatic heterocycles. The molecule has 0 spiro atoms. The van der Waals surface area contributed by atoms with E-state index in [9.17, 15) is 9.90 Å². The number of carboxylic acids is 1. The number of hydrogen-bond acceptors (Lipinski definition) is 2. The zero-order valence-corrected chi connectivity index (χ0v) is 11.4. The molecule has 2 nitrogen and oxygen atoms in total. The summed E-state index contributed by atoms with van der Waals surface area (Å²) in [6, 6.07) is 7.03. The molecule has 1 rings (SSSR count). The molecule has 0 saturated heterocycles. The summed E-state index contributed by atoms with van der Waals surface area (Å²) in [4.78, 5) is 10.7. The molecule has 0 N–H and O–H groups in total. The molecule has 70 valence electrons. The Labute approximate surface area is 97.1 Å². The second kappa shape index (κ2) is 6.72. The summed E-state index contributed by atoms with van der Waals surface area (Å²) in [5.41, 5.74) is 1.21. The number of aromatic carboxylic acids is 1. The fourth-order valence-corrected chi connectivity index (χ4v) is 1.30. The van der Waals surface area contributed by atoms with Crippen molar-refractivity contribution >= 4 is 5.97 Å². The van der Waals surface area contributed by atoms with Gasteiger partial charge < -0.3 is 9.90 Å². The summed E-state index contributed by atoms with van der Waals surface area (Å²) in [6.07, 6.45) is 2.91. The van der Waals surface area contributed by atoms with Crippen molar-refractivity contribution in [3.05, 3.63) is 35.4 Å². The second-order valence-electron chi connectivity index (χ2n) is 3.05. The maximum Gasteiger partial charge on any atom is 2.00 e. The number of aryl methyl sites for hydroxylation is 1. The first kappa shape index (κ1) is 13.3. The van der Waals surface area contributed by atoms with E-state index in [4.69, 9.17) is 0 Å². The van der Waals surface area contributed by atoms with Gasteiger partial charge in [-0.3, -0.25) is 0 Å². The van der Waals surface area contributed by atoms with Crippen LogP contribution in [-0.4, -0.2) is 5.97 Å². The van der Waals surface area contributed by atoms with Crippen molar-refractivity contribution in [1.29, 1.82) is 0 Å². The Bertz CT molecular complexity index is 297. The summed E-state index contributed by atoms with van der Waals surface area (Å²) in [7, 11) is 0. The Hall–Kier alpha value is -0.687. The van der Waals surface area contributed by atoms with Gasteiger partial charge in [-0.25, -0.2) is 0 Å². The molecular formula is C11H13O2Zn+. The van der Waals surface area contributed by atoms with Gasteiger partial charge in [0.05, 0.1) is 5.97 Å². The first-order valence-corrected chi connectivity index (χ1v) is 4.55. The Balaban J connectivity index is 0.00000169. The van der Waals surface area contributed by atoms with Gasteiger partial charge in [0.15, 0.2) is 0 Å². The molecule has 0 radical (unpaired) electrons. The van der Waals surface area contributed by atoms with Crippen LogP contribution in [0.2, 0.25) is 0 Å². The van der Waals surface area contributed by atoms with Gasteiger partial charge in [-0.15, -0.1) is 0 Å². The van der Waals surface area contributed by atoms with Gasteiger partial charge in [0.25, 0.3) is 0 Å². The molecule has 0 heterocycles. The van der Waals surface area contributed by atoms with Gasteiger partial charge in [0.2, 0.25) is 0 Å². The minimum atomic E-state index is -1.08. The third-order valence-electron chi connectivity index (χ3n) is 2.04. The molecular weight excluding hydrogens is 230 g/mol. The van der Waals surface area contributed by atoms with E-state index in [0.29, 0.717) is 5.56 Å². The largest absolute Gasteiger partial charge is 2.00 e. The van der Waals surface area contributed by atoms with Crippen LogP contribution in [-0.2, 0) is 25.9 Å². The van der Waals surface area contributed by atoms with E-state index in [-0.39, 0.29) is 19.5 Å². The van der Waals surface area contributed by atoms with E-state index >= 15 is 0 Å². The van der Waals surface area contributed by atoms with Crippen molar-refractivity contribution in [2.45, 2.75) is 26.2 Å². The molecule has 14 heavy (non-hydrogen) atoms. The van der Waals surface area contributed by atoms with Gasteiger partial charge in [-0.05, 0) is 18.4 Å². The minimum Gasteiger partial charge on any atom is -0.545 e. The maximum atomic E-state index is 10.7. The molecule has 0 fully saturated rings. The normalized spacial score (nSPS) is 9.21. The number of rotatable bonds is 4. The summed E-state index contributed by atoms with van der Waals surface area (Å²) in [6.45, 7) is 2.08. The first-order valence-electron chi connectivity index (χ1n) is 4.55. The number of unbranched alkanes of at least 4 members (excludes halogenated alkanes) is 1. The van der Waals surface area contributed by atoms with Gasteiger partial charge in [-0.1, -0.05) is 37.6 Å². The maximum absolute atomic E-state index is 10.7. The quantitative estimate of drug-likeness (QED) is 0.749. The molecule has 0 amide bonds. The van der Waals surface area contributed by atoms with E-state index in [1.807, 2.05) is 12.1 Å². The topological polar surface area (TPSA) is 40.1 Å². The molecule has 0 saturated carbocycles. The molecule has 0 bridgehead atoms. The Morgan fingerprint density at radius 3 is 2.57 bits per heavy atom. The number of hydrogen-bond donors (Lipinski definition) is 0. The molecule has 0 aliphatic rings. The number of carbonyl (C=O) groups excluding carboxylic acids is 1. The molecule has 3 heteroatoms. The fourth-order valence-electron chi connectivity index (χ4n) is 1.30. The van der Waals surface area contributed by atoms with Crippen LogP contribution in [0, 0.1) is 0 Å².